The molecule has 0 saturated carbocycles. The Hall–Kier alpha value is -2.11. The van der Waals surface area contributed by atoms with E-state index in [1.165, 1.54) is 4.90 Å². The van der Waals surface area contributed by atoms with Gasteiger partial charge in [0.05, 0.1) is 39.1 Å². The number of rotatable bonds is 5. The Kier molecular flexibility index (Phi) is 5.21. The smallest absolute Gasteiger partial charge is 0.165 e. The zero-order valence-corrected chi connectivity index (χ0v) is 16.9. The molecule has 0 unspecified atom stereocenters. The first-order valence-electron chi connectivity index (χ1n) is 8.94. The lowest BCUT2D eigenvalue weighted by Gasteiger charge is -2.20. The van der Waals surface area contributed by atoms with Crippen LogP contribution in [0.4, 0.5) is 5.82 Å². The minimum Gasteiger partial charge on any atom is -0.364 e. The van der Waals surface area contributed by atoms with E-state index in [9.17, 15) is 0 Å². The van der Waals surface area contributed by atoms with Crippen molar-refractivity contribution in [1.82, 2.24) is 14.6 Å². The molecular weight excluding hydrogens is 346 g/mol. The van der Waals surface area contributed by atoms with Gasteiger partial charge in [-0.15, -0.1) is 0 Å². The van der Waals surface area contributed by atoms with Crippen LogP contribution in [-0.4, -0.2) is 41.8 Å². The Morgan fingerprint density at radius 2 is 1.88 bits per heavy atom. The van der Waals surface area contributed by atoms with Crippen molar-refractivity contribution in [3.8, 4) is 11.1 Å². The second-order valence-corrected chi connectivity index (χ2v) is 8.34. The highest BCUT2D eigenvalue weighted by atomic mass is 35.5. The second kappa shape index (κ2) is 7.25. The van der Waals surface area contributed by atoms with Crippen LogP contribution in [0.2, 0.25) is 5.02 Å². The van der Waals surface area contributed by atoms with E-state index in [0.717, 1.165) is 41.4 Å². The number of hydrogen-bond donors (Lipinski definition) is 2. The van der Waals surface area contributed by atoms with E-state index >= 15 is 0 Å². The third-order valence-corrected chi connectivity index (χ3v) is 4.66. The molecule has 5 nitrogen and oxygen atoms in total. The van der Waals surface area contributed by atoms with Gasteiger partial charge in [-0.2, -0.15) is 9.61 Å². The maximum absolute atomic E-state index is 6.42. The van der Waals surface area contributed by atoms with Gasteiger partial charge in [-0.1, -0.05) is 50.6 Å². The third kappa shape index (κ3) is 3.84. The molecule has 0 bridgehead atoms. The molecule has 0 aliphatic carbocycles. The molecule has 0 aliphatic heterocycles. The van der Waals surface area contributed by atoms with Crippen molar-refractivity contribution in [2.75, 3.05) is 32.5 Å². The van der Waals surface area contributed by atoms with Crippen LogP contribution in [0.5, 0.6) is 0 Å². The van der Waals surface area contributed by atoms with Gasteiger partial charge < -0.3 is 10.2 Å². The van der Waals surface area contributed by atoms with Crippen LogP contribution in [-0.2, 0) is 5.41 Å². The van der Waals surface area contributed by atoms with Crippen molar-refractivity contribution >= 4 is 23.1 Å². The van der Waals surface area contributed by atoms with Gasteiger partial charge in [-0.3, -0.25) is 0 Å². The van der Waals surface area contributed by atoms with Crippen molar-refractivity contribution in [2.24, 2.45) is 0 Å². The average molecular weight is 373 g/mol. The quantitative estimate of drug-likeness (QED) is 0.724. The minimum absolute atomic E-state index is 0.0625. The summed E-state index contributed by atoms with van der Waals surface area (Å²) >= 11 is 6.42. The average Bonchev–Trinajstić information content (AvgIpc) is 2.98. The van der Waals surface area contributed by atoms with E-state index < -0.39 is 0 Å². The fraction of sp³-hybridized carbons (Fsp3) is 0.400. The van der Waals surface area contributed by atoms with Crippen molar-refractivity contribution in [3.05, 3.63) is 47.2 Å². The van der Waals surface area contributed by atoms with Gasteiger partial charge >= 0.3 is 0 Å². The monoisotopic (exact) mass is 372 g/mol. The number of hydrogen-bond acceptors (Lipinski definition) is 3. The molecule has 138 valence electrons. The first-order valence-corrected chi connectivity index (χ1v) is 9.32. The Bertz CT molecular complexity index is 908. The van der Waals surface area contributed by atoms with Gasteiger partial charge in [0.25, 0.3) is 0 Å². The van der Waals surface area contributed by atoms with Crippen LogP contribution >= 0.6 is 11.6 Å². The minimum atomic E-state index is -0.0625. The molecule has 1 aromatic carbocycles. The van der Waals surface area contributed by atoms with Gasteiger partial charge in [0, 0.05) is 27.6 Å². The molecule has 6 heteroatoms. The first kappa shape index (κ1) is 18.7. The first-order chi connectivity index (χ1) is 12.3. The number of benzene rings is 1. The van der Waals surface area contributed by atoms with Crippen LogP contribution in [0, 0.1) is 0 Å². The number of aromatic nitrogens is 3. The standard InChI is InChI=1S/C20H26ClN5/c1-20(2,3)17-12-18(22-10-11-25(4)5)26-19(24-17)15(13-23-26)14-8-6-7-9-16(14)21/h6-9,12-13,22H,10-11H2,1-5H3/p+1. The third-order valence-electron chi connectivity index (χ3n) is 4.34. The maximum Gasteiger partial charge on any atom is 0.165 e. The molecular formula is C20H27ClN5+. The van der Waals surface area contributed by atoms with E-state index in [4.69, 9.17) is 16.6 Å². The lowest BCUT2D eigenvalue weighted by molar-refractivity contribution is -0.856. The summed E-state index contributed by atoms with van der Waals surface area (Å²) in [5, 5.41) is 8.81. The lowest BCUT2D eigenvalue weighted by Crippen LogP contribution is -3.06. The molecule has 26 heavy (non-hydrogen) atoms. The second-order valence-electron chi connectivity index (χ2n) is 7.93. The number of nitrogens with zero attached hydrogens (tertiary/aromatic N) is 3. The normalized spacial score (nSPS) is 12.1. The van der Waals surface area contributed by atoms with Gasteiger partial charge in [0.2, 0.25) is 0 Å². The van der Waals surface area contributed by atoms with E-state index in [-0.39, 0.29) is 5.41 Å². The molecule has 0 amide bonds. The molecule has 0 saturated heterocycles. The number of likely N-dealkylation sites (N-methyl/N-ethyl adjacent to an activating group) is 1. The van der Waals surface area contributed by atoms with E-state index in [2.05, 4.69) is 51.3 Å². The highest BCUT2D eigenvalue weighted by molar-refractivity contribution is 6.33. The summed E-state index contributed by atoms with van der Waals surface area (Å²) < 4.78 is 1.87. The Labute approximate surface area is 160 Å². The molecule has 0 atom stereocenters. The molecule has 0 aliphatic rings. The van der Waals surface area contributed by atoms with E-state index in [0.29, 0.717) is 5.02 Å². The summed E-state index contributed by atoms with van der Waals surface area (Å²) in [4.78, 5) is 6.32. The zero-order chi connectivity index (χ0) is 18.9. The molecule has 2 aromatic heterocycles. The van der Waals surface area contributed by atoms with E-state index in [1.54, 1.807) is 0 Å². The SMILES string of the molecule is C[NH+](C)CCNc1cc(C(C)(C)C)nc2c(-c3ccccc3Cl)cnn12. The molecule has 0 fully saturated rings. The van der Waals surface area contributed by atoms with Crippen molar-refractivity contribution in [3.63, 3.8) is 0 Å². The highest BCUT2D eigenvalue weighted by Crippen LogP contribution is 2.32. The molecule has 3 aromatic rings. The molecule has 3 rings (SSSR count). The summed E-state index contributed by atoms with van der Waals surface area (Å²) in [6, 6.07) is 9.92. The summed E-state index contributed by atoms with van der Waals surface area (Å²) in [6.07, 6.45) is 1.85. The van der Waals surface area contributed by atoms with Gasteiger partial charge in [0.1, 0.15) is 5.82 Å². The zero-order valence-electron chi connectivity index (χ0n) is 16.1. The molecule has 2 N–H and O–H groups in total. The van der Waals surface area contributed by atoms with Crippen molar-refractivity contribution in [2.45, 2.75) is 26.2 Å². The van der Waals surface area contributed by atoms with Gasteiger partial charge in [-0.25, -0.2) is 4.98 Å². The van der Waals surface area contributed by atoms with E-state index in [1.807, 2.05) is 35.0 Å². The summed E-state index contributed by atoms with van der Waals surface area (Å²) in [5.41, 5.74) is 3.69. The summed E-state index contributed by atoms with van der Waals surface area (Å²) in [6.45, 7) is 8.40. The highest BCUT2D eigenvalue weighted by Gasteiger charge is 2.21. The van der Waals surface area contributed by atoms with Crippen LogP contribution in [0.1, 0.15) is 26.5 Å². The number of fused-ring (bicyclic) bond motifs is 1. The lowest BCUT2D eigenvalue weighted by atomic mass is 9.92. The van der Waals surface area contributed by atoms with Gasteiger partial charge in [0.15, 0.2) is 5.65 Å². The summed E-state index contributed by atoms with van der Waals surface area (Å²) in [5.74, 6) is 0.958. The largest absolute Gasteiger partial charge is 0.364 e. The number of quaternary nitrogens is 1. The molecule has 0 radical (unpaired) electrons. The number of halogens is 1. The Morgan fingerprint density at radius 3 is 2.54 bits per heavy atom. The van der Waals surface area contributed by atoms with Crippen molar-refractivity contribution in [1.29, 1.82) is 0 Å². The Morgan fingerprint density at radius 1 is 1.15 bits per heavy atom. The maximum atomic E-state index is 6.42. The predicted octanol–water partition coefficient (Wildman–Crippen LogP) is 2.90. The van der Waals surface area contributed by atoms with Crippen LogP contribution in [0.15, 0.2) is 36.5 Å². The number of anilines is 1. The fourth-order valence-corrected chi connectivity index (χ4v) is 3.02. The number of nitrogens with one attached hydrogen (secondary N) is 2. The molecule has 0 spiro atoms. The summed E-state index contributed by atoms with van der Waals surface area (Å²) in [7, 11) is 4.29. The van der Waals surface area contributed by atoms with Crippen LogP contribution in [0.25, 0.3) is 16.8 Å². The van der Waals surface area contributed by atoms with Crippen LogP contribution < -0.4 is 10.2 Å². The Balaban J connectivity index is 2.14. The van der Waals surface area contributed by atoms with Crippen LogP contribution in [0.3, 0.4) is 0 Å². The van der Waals surface area contributed by atoms with Crippen molar-refractivity contribution < 1.29 is 4.90 Å². The topological polar surface area (TPSA) is 46.7 Å². The molecule has 2 heterocycles. The van der Waals surface area contributed by atoms with Gasteiger partial charge in [-0.05, 0) is 6.07 Å². The predicted molar refractivity (Wildman–Crippen MR) is 108 cm³/mol. The fourth-order valence-electron chi connectivity index (χ4n) is 2.78.